The van der Waals surface area contributed by atoms with Crippen molar-refractivity contribution >= 4 is 34.8 Å². The van der Waals surface area contributed by atoms with Crippen LogP contribution in [-0.4, -0.2) is 114 Å². The minimum absolute atomic E-state index is 0.111. The van der Waals surface area contributed by atoms with Crippen molar-refractivity contribution in [2.24, 2.45) is 5.92 Å². The number of ether oxygens (including phenoxy) is 3. The monoisotopic (exact) mass is 874 g/mol. The van der Waals surface area contributed by atoms with Crippen molar-refractivity contribution in [1.82, 2.24) is 30.7 Å². The van der Waals surface area contributed by atoms with Crippen molar-refractivity contribution < 1.29 is 43.6 Å². The van der Waals surface area contributed by atoms with Crippen LogP contribution < -0.4 is 26.2 Å². The van der Waals surface area contributed by atoms with Gasteiger partial charge in [0.15, 0.2) is 0 Å². The standard InChI is InChI=1S/C48H54N6O10/c1-53(24-21-49-27-40(56)36-15-17-39(55)45-37(36)16-18-42(57)51-45)43(58)26-38(47(60)62-2)50-46(59)33-13-11-30(12-14-33)29-63-35-10-6-9-34(25-35)44(32-7-4-3-5-8-32)52-48(61)64-41-28-54-22-19-31(41)20-23-54/h3-18,25,31,38,40-41,44,49,55-56H,19-24,26-29H2,1-2H3,(H,50,59)(H,51,57)(H,52,61)/t38-,40-,41-,44?/m0/s1. The van der Waals surface area contributed by atoms with Crippen LogP contribution >= 0.6 is 0 Å². The summed E-state index contributed by atoms with van der Waals surface area (Å²) in [6.45, 7) is 3.70. The number of aromatic nitrogens is 1. The number of H-pyrrole nitrogens is 1. The van der Waals surface area contributed by atoms with Crippen molar-refractivity contribution in [3.05, 3.63) is 141 Å². The molecule has 2 bridgehead atoms. The number of carbonyl (C=O) groups excluding carboxylic acids is 4. The maximum atomic E-state index is 13.3. The zero-order valence-electron chi connectivity index (χ0n) is 35.8. The number of likely N-dealkylation sites (N-methyl/N-ethyl adjacent to an activating group) is 1. The highest BCUT2D eigenvalue weighted by Crippen LogP contribution is 2.31. The van der Waals surface area contributed by atoms with Crippen molar-refractivity contribution in [2.75, 3.05) is 53.4 Å². The predicted octanol–water partition coefficient (Wildman–Crippen LogP) is 4.17. The Balaban J connectivity index is 0.890. The summed E-state index contributed by atoms with van der Waals surface area (Å²) in [5.74, 6) is -0.905. The lowest BCUT2D eigenvalue weighted by atomic mass is 9.86. The first-order valence-corrected chi connectivity index (χ1v) is 21.4. The number of alkyl carbamates (subject to hydrolysis) is 1. The quantitative estimate of drug-likeness (QED) is 0.0542. The van der Waals surface area contributed by atoms with Crippen LogP contribution in [0.15, 0.2) is 108 Å². The van der Waals surface area contributed by atoms with E-state index in [1.54, 1.807) is 37.4 Å². The van der Waals surface area contributed by atoms with Gasteiger partial charge in [0.05, 0.1) is 31.2 Å². The number of amides is 3. The number of hydrogen-bond donors (Lipinski definition) is 6. The first-order valence-electron chi connectivity index (χ1n) is 21.4. The van der Waals surface area contributed by atoms with Crippen molar-refractivity contribution in [1.29, 1.82) is 0 Å². The van der Waals surface area contributed by atoms with Gasteiger partial charge in [-0.05, 0) is 90.5 Å². The number of hydrogen-bond acceptors (Lipinski definition) is 12. The number of benzene rings is 4. The molecule has 3 amide bonds. The molecule has 3 saturated heterocycles. The van der Waals surface area contributed by atoms with Gasteiger partial charge in [0, 0.05) is 50.2 Å². The largest absolute Gasteiger partial charge is 0.506 e. The molecule has 0 aliphatic carbocycles. The average molecular weight is 875 g/mol. The molecular weight excluding hydrogens is 821 g/mol. The van der Waals surface area contributed by atoms with Crippen LogP contribution in [-0.2, 0) is 25.7 Å². The highest BCUT2D eigenvalue weighted by molar-refractivity contribution is 5.98. The molecule has 8 rings (SSSR count). The Bertz CT molecular complexity index is 2470. The molecular formula is C48H54N6O10. The molecule has 5 aromatic rings. The van der Waals surface area contributed by atoms with Gasteiger partial charge >= 0.3 is 12.1 Å². The van der Waals surface area contributed by atoms with Gasteiger partial charge in [-0.25, -0.2) is 9.59 Å². The molecule has 0 spiro atoms. The van der Waals surface area contributed by atoms with Crippen LogP contribution in [0.25, 0.3) is 10.9 Å². The molecule has 4 aromatic carbocycles. The van der Waals surface area contributed by atoms with Gasteiger partial charge in [-0.2, -0.15) is 0 Å². The molecule has 0 radical (unpaired) electrons. The number of nitrogens with zero attached hydrogens (tertiary/aromatic N) is 2. The summed E-state index contributed by atoms with van der Waals surface area (Å²) in [4.78, 5) is 70.4. The number of methoxy groups -OCH3 is 1. The Labute approximate surface area is 370 Å². The van der Waals surface area contributed by atoms with Gasteiger partial charge < -0.3 is 50.3 Å². The van der Waals surface area contributed by atoms with Gasteiger partial charge in [0.2, 0.25) is 11.5 Å². The number of rotatable bonds is 18. The number of nitrogens with one attached hydrogen (secondary N) is 4. The van der Waals surface area contributed by atoms with E-state index in [-0.39, 0.29) is 54.6 Å². The summed E-state index contributed by atoms with van der Waals surface area (Å²) in [6, 6.07) is 28.0. The Morgan fingerprint density at radius 1 is 0.906 bits per heavy atom. The molecule has 4 atom stereocenters. The lowest BCUT2D eigenvalue weighted by Gasteiger charge is -2.43. The fourth-order valence-electron chi connectivity index (χ4n) is 8.22. The Morgan fingerprint density at radius 3 is 2.38 bits per heavy atom. The van der Waals surface area contributed by atoms with Gasteiger partial charge in [-0.15, -0.1) is 0 Å². The van der Waals surface area contributed by atoms with E-state index in [4.69, 9.17) is 14.2 Å². The highest BCUT2D eigenvalue weighted by Gasteiger charge is 2.37. The molecule has 16 heteroatoms. The Kier molecular flexibility index (Phi) is 14.9. The highest BCUT2D eigenvalue weighted by atomic mass is 16.6. The van der Waals surface area contributed by atoms with Gasteiger partial charge in [-0.1, -0.05) is 60.7 Å². The molecule has 0 saturated carbocycles. The minimum atomic E-state index is -1.25. The second-order valence-corrected chi connectivity index (χ2v) is 16.2. The van der Waals surface area contributed by atoms with E-state index in [0.717, 1.165) is 49.2 Å². The fourth-order valence-corrected chi connectivity index (χ4v) is 8.22. The van der Waals surface area contributed by atoms with Crippen molar-refractivity contribution in [3.63, 3.8) is 0 Å². The lowest BCUT2D eigenvalue weighted by Crippen LogP contribution is -2.52. The normalized spacial score (nSPS) is 18.0. The maximum absolute atomic E-state index is 13.3. The summed E-state index contributed by atoms with van der Waals surface area (Å²) >= 11 is 0. The number of aromatic hydroxyl groups is 1. The van der Waals surface area contributed by atoms with E-state index in [9.17, 15) is 34.2 Å². The SMILES string of the molecule is COC(=O)[C@H](CC(=O)N(C)CCNC[C@H](O)c1ccc(O)c2[nH]c(=O)ccc12)NC(=O)c1ccc(COc2cccc(C(NC(=O)O[C@H]3CN4CCC3CC4)c3ccccc3)c2)cc1. The zero-order chi connectivity index (χ0) is 45.2. The Hall–Kier alpha value is -6.75. The van der Waals surface area contributed by atoms with Crippen LogP contribution in [0.5, 0.6) is 11.5 Å². The van der Waals surface area contributed by atoms with Gasteiger partial charge in [0.25, 0.3) is 5.91 Å². The second-order valence-electron chi connectivity index (χ2n) is 16.2. The van der Waals surface area contributed by atoms with Crippen LogP contribution in [0.1, 0.15) is 64.0 Å². The van der Waals surface area contributed by atoms with E-state index >= 15 is 0 Å². The smallest absolute Gasteiger partial charge is 0.408 e. The van der Waals surface area contributed by atoms with E-state index < -0.39 is 42.1 Å². The van der Waals surface area contributed by atoms with Gasteiger partial charge in [-0.3, -0.25) is 19.3 Å². The summed E-state index contributed by atoms with van der Waals surface area (Å²) in [5, 5.41) is 30.3. The summed E-state index contributed by atoms with van der Waals surface area (Å²) in [5.41, 5.74) is 3.10. The number of phenolic OH excluding ortho intramolecular Hbond substituents is 1. The van der Waals surface area contributed by atoms with Gasteiger partial charge in [0.1, 0.15) is 30.3 Å². The molecule has 3 aliphatic rings. The average Bonchev–Trinajstić information content (AvgIpc) is 3.32. The Morgan fingerprint density at radius 2 is 1.66 bits per heavy atom. The number of fused-ring (bicyclic) bond motifs is 4. The number of phenols is 1. The van der Waals surface area contributed by atoms with E-state index in [0.29, 0.717) is 29.2 Å². The van der Waals surface area contributed by atoms with E-state index in [1.165, 1.54) is 30.2 Å². The third-order valence-corrected chi connectivity index (χ3v) is 11.9. The van der Waals surface area contributed by atoms with Crippen molar-refractivity contribution in [3.8, 4) is 11.5 Å². The third-order valence-electron chi connectivity index (χ3n) is 11.9. The topological polar surface area (TPSA) is 212 Å². The molecule has 3 fully saturated rings. The molecule has 4 heterocycles. The lowest BCUT2D eigenvalue weighted by molar-refractivity contribution is -0.145. The molecule has 1 unspecified atom stereocenters. The molecule has 16 nitrogen and oxygen atoms in total. The molecule has 3 aliphatic heterocycles. The number of esters is 1. The third kappa shape index (κ3) is 11.4. The fraction of sp³-hybridized carbons (Fsp3) is 0.354. The number of aliphatic hydroxyl groups excluding tert-OH is 1. The molecule has 336 valence electrons. The van der Waals surface area contributed by atoms with Crippen LogP contribution in [0.2, 0.25) is 0 Å². The van der Waals surface area contributed by atoms with E-state index in [2.05, 4.69) is 25.8 Å². The van der Waals surface area contributed by atoms with Crippen LogP contribution in [0.3, 0.4) is 0 Å². The number of aliphatic hydroxyl groups is 1. The molecule has 64 heavy (non-hydrogen) atoms. The van der Waals surface area contributed by atoms with Crippen molar-refractivity contribution in [2.45, 2.75) is 50.2 Å². The number of piperidine rings is 3. The predicted molar refractivity (Wildman–Crippen MR) is 238 cm³/mol. The summed E-state index contributed by atoms with van der Waals surface area (Å²) in [6.07, 6.45) is 0.178. The number of pyridine rings is 1. The van der Waals surface area contributed by atoms with E-state index in [1.807, 2.05) is 54.6 Å². The number of aromatic amines is 1. The van der Waals surface area contributed by atoms with Crippen LogP contribution in [0, 0.1) is 5.92 Å². The molecule has 6 N–H and O–H groups in total. The first kappa shape index (κ1) is 45.3. The zero-order valence-corrected chi connectivity index (χ0v) is 35.8. The second kappa shape index (κ2) is 21.1. The van der Waals surface area contributed by atoms with Crippen LogP contribution in [0.4, 0.5) is 4.79 Å². The molecule has 1 aromatic heterocycles. The summed E-state index contributed by atoms with van der Waals surface area (Å²) in [7, 11) is 2.74. The summed E-state index contributed by atoms with van der Waals surface area (Å²) < 4.78 is 17.0. The first-order chi connectivity index (χ1) is 30.9. The maximum Gasteiger partial charge on any atom is 0.408 e. The minimum Gasteiger partial charge on any atom is -0.506 e. The number of carbonyl (C=O) groups is 4.